The van der Waals surface area contributed by atoms with Crippen molar-refractivity contribution < 1.29 is 4.74 Å². The quantitative estimate of drug-likeness (QED) is 0.830. The highest BCUT2D eigenvalue weighted by molar-refractivity contribution is 5.48. The molecule has 0 aliphatic heterocycles. The molecule has 0 saturated carbocycles. The number of anilines is 1. The van der Waals surface area contributed by atoms with Crippen LogP contribution >= 0.6 is 0 Å². The van der Waals surface area contributed by atoms with E-state index in [2.05, 4.69) is 4.98 Å². The smallest absolute Gasteiger partial charge is 0.176 e. The molecule has 6 heteroatoms. The monoisotopic (exact) mass is 253 g/mol. The number of imidazole rings is 1. The van der Waals surface area contributed by atoms with Gasteiger partial charge in [0.15, 0.2) is 11.4 Å². The molecule has 94 valence electrons. The lowest BCUT2D eigenvalue weighted by Crippen LogP contribution is -2.02. The number of ether oxygens (including phenoxy) is 1. The van der Waals surface area contributed by atoms with Crippen LogP contribution in [0.1, 0.15) is 17.0 Å². The normalized spacial score (nSPS) is 9.63. The molecule has 0 saturated heterocycles. The number of nitrogens with zero attached hydrogens (tertiary/aromatic N) is 4. The molecule has 0 aliphatic rings. The van der Waals surface area contributed by atoms with Gasteiger partial charge in [0.25, 0.3) is 0 Å². The van der Waals surface area contributed by atoms with Crippen molar-refractivity contribution in [3.05, 3.63) is 41.5 Å². The number of hydrogen-bond donors (Lipinski definition) is 1. The van der Waals surface area contributed by atoms with Gasteiger partial charge in [0.05, 0.1) is 13.4 Å². The number of rotatable bonds is 3. The second kappa shape index (κ2) is 5.11. The number of hydrogen-bond acceptors (Lipinski definition) is 5. The standard InChI is InChI=1S/C13H11N5O/c1-19-11-3-9(2-10(16)4-11)7-18-8-17-12(5-14)13(18)6-15/h2-4,8H,7,16H2,1H3. The van der Waals surface area contributed by atoms with Crippen molar-refractivity contribution in [1.82, 2.24) is 9.55 Å². The van der Waals surface area contributed by atoms with E-state index in [1.807, 2.05) is 18.2 Å². The van der Waals surface area contributed by atoms with Crippen molar-refractivity contribution in [1.29, 1.82) is 10.5 Å². The Morgan fingerprint density at radius 2 is 2.11 bits per heavy atom. The molecule has 1 aromatic carbocycles. The third-order valence-corrected chi connectivity index (χ3v) is 2.63. The first-order valence-electron chi connectivity index (χ1n) is 5.46. The molecule has 0 amide bonds. The lowest BCUT2D eigenvalue weighted by Gasteiger charge is -2.08. The molecule has 0 bridgehead atoms. The number of methoxy groups -OCH3 is 1. The van der Waals surface area contributed by atoms with Crippen LogP contribution in [0.25, 0.3) is 0 Å². The summed E-state index contributed by atoms with van der Waals surface area (Å²) in [6.45, 7) is 0.402. The van der Waals surface area contributed by atoms with Gasteiger partial charge < -0.3 is 15.0 Å². The first kappa shape index (κ1) is 12.5. The Bertz CT molecular complexity index is 690. The summed E-state index contributed by atoms with van der Waals surface area (Å²) >= 11 is 0. The minimum atomic E-state index is 0.123. The molecule has 2 aromatic rings. The molecule has 0 unspecified atom stereocenters. The van der Waals surface area contributed by atoms with Crippen LogP contribution in [-0.2, 0) is 6.54 Å². The van der Waals surface area contributed by atoms with E-state index < -0.39 is 0 Å². The average molecular weight is 253 g/mol. The highest BCUT2D eigenvalue weighted by atomic mass is 16.5. The van der Waals surface area contributed by atoms with E-state index in [1.54, 1.807) is 23.8 Å². The van der Waals surface area contributed by atoms with Gasteiger partial charge in [0.2, 0.25) is 0 Å². The topological polar surface area (TPSA) is 101 Å². The SMILES string of the molecule is COc1cc(N)cc(Cn2cnc(C#N)c2C#N)c1. The molecule has 2 rings (SSSR count). The summed E-state index contributed by atoms with van der Waals surface area (Å²) in [5.74, 6) is 0.647. The van der Waals surface area contributed by atoms with Gasteiger partial charge >= 0.3 is 0 Å². The number of nitrogen functional groups attached to an aromatic ring is 1. The van der Waals surface area contributed by atoms with Crippen molar-refractivity contribution in [2.75, 3.05) is 12.8 Å². The lowest BCUT2D eigenvalue weighted by atomic mass is 10.2. The van der Waals surface area contributed by atoms with Crippen molar-refractivity contribution in [2.45, 2.75) is 6.54 Å². The van der Waals surface area contributed by atoms with Crippen LogP contribution in [0.15, 0.2) is 24.5 Å². The Morgan fingerprint density at radius 1 is 1.32 bits per heavy atom. The van der Waals surface area contributed by atoms with Crippen molar-refractivity contribution in [3.8, 4) is 17.9 Å². The van der Waals surface area contributed by atoms with Crippen molar-refractivity contribution in [3.63, 3.8) is 0 Å². The summed E-state index contributed by atoms with van der Waals surface area (Å²) in [6, 6.07) is 9.18. The summed E-state index contributed by atoms with van der Waals surface area (Å²) in [6.07, 6.45) is 1.47. The molecule has 1 aromatic heterocycles. The number of nitriles is 2. The van der Waals surface area contributed by atoms with Crippen LogP contribution in [0.4, 0.5) is 5.69 Å². The van der Waals surface area contributed by atoms with Gasteiger partial charge in [-0.2, -0.15) is 10.5 Å². The highest BCUT2D eigenvalue weighted by Gasteiger charge is 2.10. The minimum absolute atomic E-state index is 0.123. The van der Waals surface area contributed by atoms with Crippen LogP contribution < -0.4 is 10.5 Å². The van der Waals surface area contributed by atoms with Crippen LogP contribution in [0.3, 0.4) is 0 Å². The fourth-order valence-electron chi connectivity index (χ4n) is 1.79. The van der Waals surface area contributed by atoms with Crippen molar-refractivity contribution in [2.24, 2.45) is 0 Å². The van der Waals surface area contributed by atoms with Crippen LogP contribution in [-0.4, -0.2) is 16.7 Å². The maximum absolute atomic E-state index is 9.04. The molecular formula is C13H11N5O. The molecular weight excluding hydrogens is 242 g/mol. The van der Waals surface area contributed by atoms with Gasteiger partial charge in [-0.15, -0.1) is 0 Å². The lowest BCUT2D eigenvalue weighted by molar-refractivity contribution is 0.414. The number of nitrogens with two attached hydrogens (primary N) is 1. The molecule has 0 aliphatic carbocycles. The Morgan fingerprint density at radius 3 is 2.74 bits per heavy atom. The van der Waals surface area contributed by atoms with E-state index in [1.165, 1.54) is 6.33 Å². The number of benzene rings is 1. The van der Waals surface area contributed by atoms with E-state index in [9.17, 15) is 0 Å². The van der Waals surface area contributed by atoms with Gasteiger partial charge in [-0.25, -0.2) is 4.98 Å². The van der Waals surface area contributed by atoms with Crippen molar-refractivity contribution >= 4 is 5.69 Å². The summed E-state index contributed by atoms with van der Waals surface area (Å²) in [5.41, 5.74) is 7.58. The Hall–Kier alpha value is -2.99. The molecule has 6 nitrogen and oxygen atoms in total. The van der Waals surface area contributed by atoms with Gasteiger partial charge in [-0.05, 0) is 17.7 Å². The fraction of sp³-hybridized carbons (Fsp3) is 0.154. The molecule has 0 spiro atoms. The highest BCUT2D eigenvalue weighted by Crippen LogP contribution is 2.20. The largest absolute Gasteiger partial charge is 0.497 e. The average Bonchev–Trinajstić information content (AvgIpc) is 2.79. The van der Waals surface area contributed by atoms with E-state index in [4.69, 9.17) is 21.0 Å². The summed E-state index contributed by atoms with van der Waals surface area (Å²) in [7, 11) is 1.56. The van der Waals surface area contributed by atoms with Crippen LogP contribution in [0.5, 0.6) is 5.75 Å². The third kappa shape index (κ3) is 2.48. The molecule has 2 N–H and O–H groups in total. The van der Waals surface area contributed by atoms with E-state index >= 15 is 0 Å². The zero-order valence-corrected chi connectivity index (χ0v) is 10.3. The van der Waals surface area contributed by atoms with Gasteiger partial charge in [-0.1, -0.05) is 0 Å². The molecule has 0 fully saturated rings. The number of aromatic nitrogens is 2. The van der Waals surface area contributed by atoms with Gasteiger partial charge in [-0.3, -0.25) is 0 Å². The predicted octanol–water partition coefficient (Wildman–Crippen LogP) is 1.27. The van der Waals surface area contributed by atoms with E-state index in [0.29, 0.717) is 18.0 Å². The molecule has 19 heavy (non-hydrogen) atoms. The van der Waals surface area contributed by atoms with E-state index in [0.717, 1.165) is 5.56 Å². The molecule has 0 atom stereocenters. The first-order valence-corrected chi connectivity index (χ1v) is 5.46. The summed E-state index contributed by atoms with van der Waals surface area (Å²) in [5, 5.41) is 17.9. The molecule has 0 radical (unpaired) electrons. The first-order chi connectivity index (χ1) is 9.17. The Labute approximate surface area is 110 Å². The zero-order chi connectivity index (χ0) is 13.8. The van der Waals surface area contributed by atoms with E-state index in [-0.39, 0.29) is 11.4 Å². The summed E-state index contributed by atoms with van der Waals surface area (Å²) < 4.78 is 6.74. The third-order valence-electron chi connectivity index (χ3n) is 2.63. The Balaban J connectivity index is 2.37. The van der Waals surface area contributed by atoms with Gasteiger partial charge in [0, 0.05) is 18.3 Å². The second-order valence-electron chi connectivity index (χ2n) is 3.91. The fourth-order valence-corrected chi connectivity index (χ4v) is 1.79. The molecule has 1 heterocycles. The zero-order valence-electron chi connectivity index (χ0n) is 10.3. The predicted molar refractivity (Wildman–Crippen MR) is 68.2 cm³/mol. The van der Waals surface area contributed by atoms with Crippen LogP contribution in [0, 0.1) is 22.7 Å². The van der Waals surface area contributed by atoms with Gasteiger partial charge in [0.1, 0.15) is 17.9 Å². The maximum atomic E-state index is 9.04. The van der Waals surface area contributed by atoms with Crippen LogP contribution in [0.2, 0.25) is 0 Å². The minimum Gasteiger partial charge on any atom is -0.497 e. The Kier molecular flexibility index (Phi) is 3.35. The second-order valence-corrected chi connectivity index (χ2v) is 3.91. The summed E-state index contributed by atoms with van der Waals surface area (Å²) in [4.78, 5) is 3.88. The maximum Gasteiger partial charge on any atom is 0.176 e.